The number of esters is 3. The first-order valence-corrected chi connectivity index (χ1v) is 11.9. The van der Waals surface area contributed by atoms with Gasteiger partial charge >= 0.3 is 17.9 Å². The monoisotopic (exact) mass is 477 g/mol. The van der Waals surface area contributed by atoms with Crippen molar-refractivity contribution in [3.05, 3.63) is 46.1 Å². The summed E-state index contributed by atoms with van der Waals surface area (Å²) in [7, 11) is 0. The van der Waals surface area contributed by atoms with Crippen LogP contribution in [0.4, 0.5) is 0 Å². The summed E-state index contributed by atoms with van der Waals surface area (Å²) >= 11 is 6.02. The maximum Gasteiger partial charge on any atom is 0.355 e. The normalized spacial score (nSPS) is 10.7. The zero-order valence-electron chi connectivity index (χ0n) is 19.5. The zero-order valence-corrected chi connectivity index (χ0v) is 20.3. The number of H-pyrrole nitrogens is 1. The van der Waals surface area contributed by atoms with Gasteiger partial charge in [0.05, 0.1) is 25.5 Å². The van der Waals surface area contributed by atoms with Gasteiger partial charge in [-0.1, -0.05) is 63.8 Å². The summed E-state index contributed by atoms with van der Waals surface area (Å²) < 4.78 is 16.1. The van der Waals surface area contributed by atoms with Crippen molar-refractivity contribution in [2.75, 3.05) is 19.8 Å². The van der Waals surface area contributed by atoms with Gasteiger partial charge in [-0.2, -0.15) is 0 Å². The molecule has 0 amide bonds. The average molecular weight is 478 g/mol. The molecule has 0 aliphatic rings. The van der Waals surface area contributed by atoms with Crippen LogP contribution in [0.15, 0.2) is 24.3 Å². The fourth-order valence-electron chi connectivity index (χ4n) is 3.04. The summed E-state index contributed by atoms with van der Waals surface area (Å²) in [5.74, 6) is -2.21. The van der Waals surface area contributed by atoms with E-state index in [2.05, 4.69) is 4.98 Å². The standard InChI is InChI=1S/C25H32ClNO6/c1-4-7-14-31-23(28)19-20(24(29)32-15-8-5-2)22(25(30)33-16-9-6-3)27-21(19)17-10-12-18(26)13-11-17/h10-13,27H,4-9,14-16H2,1-3H3. The predicted molar refractivity (Wildman–Crippen MR) is 127 cm³/mol. The molecule has 0 atom stereocenters. The SMILES string of the molecule is CCCCOC(=O)c1[nH]c(-c2ccc(Cl)cc2)c(C(=O)OCCCC)c1C(=O)OCCCC. The topological polar surface area (TPSA) is 94.7 Å². The van der Waals surface area contributed by atoms with Gasteiger partial charge < -0.3 is 19.2 Å². The predicted octanol–water partition coefficient (Wildman–Crippen LogP) is 6.21. The minimum absolute atomic E-state index is 0.0441. The highest BCUT2D eigenvalue weighted by atomic mass is 35.5. The number of nitrogens with one attached hydrogen (secondary N) is 1. The molecule has 1 N–H and O–H groups in total. The number of carbonyl (C=O) groups excluding carboxylic acids is 3. The van der Waals surface area contributed by atoms with Gasteiger partial charge in [-0.15, -0.1) is 0 Å². The van der Waals surface area contributed by atoms with Crippen LogP contribution in [0.1, 0.15) is 90.5 Å². The van der Waals surface area contributed by atoms with Gasteiger partial charge in [0, 0.05) is 5.02 Å². The molecule has 2 rings (SSSR count). The highest BCUT2D eigenvalue weighted by molar-refractivity contribution is 6.30. The maximum atomic E-state index is 13.1. The van der Waals surface area contributed by atoms with Gasteiger partial charge in [-0.3, -0.25) is 0 Å². The molecular formula is C25H32ClNO6. The Balaban J connectivity index is 2.59. The molecule has 0 aliphatic carbocycles. The van der Waals surface area contributed by atoms with Gasteiger partial charge in [-0.25, -0.2) is 14.4 Å². The van der Waals surface area contributed by atoms with Crippen LogP contribution >= 0.6 is 11.6 Å². The summed E-state index contributed by atoms with van der Waals surface area (Å²) in [6.07, 6.45) is 4.52. The molecule has 1 aromatic heterocycles. The minimum Gasteiger partial charge on any atom is -0.462 e. The van der Waals surface area contributed by atoms with E-state index in [1.807, 2.05) is 20.8 Å². The highest BCUT2D eigenvalue weighted by Gasteiger charge is 2.34. The fraction of sp³-hybridized carbons (Fsp3) is 0.480. The highest BCUT2D eigenvalue weighted by Crippen LogP contribution is 2.31. The van der Waals surface area contributed by atoms with Crippen LogP contribution in [0.5, 0.6) is 0 Å². The Labute approximate surface area is 199 Å². The molecular weight excluding hydrogens is 446 g/mol. The van der Waals surface area contributed by atoms with Gasteiger partial charge in [0.25, 0.3) is 0 Å². The number of hydrogen-bond acceptors (Lipinski definition) is 6. The summed E-state index contributed by atoms with van der Waals surface area (Å²) in [6.45, 7) is 6.49. The Morgan fingerprint density at radius 2 is 1.18 bits per heavy atom. The molecule has 0 saturated heterocycles. The number of hydrogen-bond donors (Lipinski definition) is 1. The van der Waals surface area contributed by atoms with Crippen molar-refractivity contribution < 1.29 is 28.6 Å². The van der Waals surface area contributed by atoms with Crippen LogP contribution < -0.4 is 0 Å². The lowest BCUT2D eigenvalue weighted by molar-refractivity contribution is 0.0433. The molecule has 0 saturated carbocycles. The molecule has 0 aliphatic heterocycles. The van der Waals surface area contributed by atoms with Crippen LogP contribution in [0, 0.1) is 0 Å². The van der Waals surface area contributed by atoms with Gasteiger partial charge in [0.15, 0.2) is 0 Å². The number of unbranched alkanes of at least 4 members (excludes halogenated alkanes) is 3. The van der Waals surface area contributed by atoms with Crippen molar-refractivity contribution in [3.63, 3.8) is 0 Å². The van der Waals surface area contributed by atoms with Gasteiger partial charge in [0.1, 0.15) is 16.8 Å². The quantitative estimate of drug-likeness (QED) is 0.209. The molecule has 2 aromatic rings. The molecule has 0 bridgehead atoms. The first-order valence-electron chi connectivity index (χ1n) is 11.5. The lowest BCUT2D eigenvalue weighted by atomic mass is 10.0. The van der Waals surface area contributed by atoms with E-state index in [0.717, 1.165) is 19.3 Å². The minimum atomic E-state index is -0.773. The van der Waals surface area contributed by atoms with Crippen LogP contribution in [0.2, 0.25) is 5.02 Å². The molecule has 7 nitrogen and oxygen atoms in total. The molecule has 0 fully saturated rings. The molecule has 0 spiro atoms. The number of aromatic amines is 1. The molecule has 33 heavy (non-hydrogen) atoms. The van der Waals surface area contributed by atoms with Crippen molar-refractivity contribution in [2.24, 2.45) is 0 Å². The Kier molecular flexibility index (Phi) is 11.0. The fourth-order valence-corrected chi connectivity index (χ4v) is 3.16. The number of rotatable bonds is 13. The Hall–Kier alpha value is -2.80. The third-order valence-corrected chi connectivity index (χ3v) is 5.19. The summed E-state index contributed by atoms with van der Waals surface area (Å²) in [6, 6.07) is 6.69. The van der Waals surface area contributed by atoms with Crippen molar-refractivity contribution >= 4 is 29.5 Å². The van der Waals surface area contributed by atoms with Crippen molar-refractivity contribution in [1.29, 1.82) is 0 Å². The molecule has 0 radical (unpaired) electrons. The van der Waals surface area contributed by atoms with Crippen molar-refractivity contribution in [3.8, 4) is 11.3 Å². The smallest absolute Gasteiger partial charge is 0.355 e. The Morgan fingerprint density at radius 1 is 0.727 bits per heavy atom. The number of carbonyl (C=O) groups is 3. The third-order valence-electron chi connectivity index (χ3n) is 4.94. The van der Waals surface area contributed by atoms with E-state index in [4.69, 9.17) is 25.8 Å². The first kappa shape index (κ1) is 26.5. The van der Waals surface area contributed by atoms with E-state index in [0.29, 0.717) is 29.8 Å². The summed E-state index contributed by atoms with van der Waals surface area (Å²) in [5, 5.41) is 0.510. The van der Waals surface area contributed by atoms with Crippen molar-refractivity contribution in [2.45, 2.75) is 59.3 Å². The second-order valence-electron chi connectivity index (χ2n) is 7.60. The first-order chi connectivity index (χ1) is 15.9. The number of ether oxygens (including phenoxy) is 3. The number of benzene rings is 1. The second-order valence-corrected chi connectivity index (χ2v) is 8.04. The van der Waals surface area contributed by atoms with Crippen LogP contribution in [-0.2, 0) is 14.2 Å². The van der Waals surface area contributed by atoms with Gasteiger partial charge in [-0.05, 0) is 37.0 Å². The van der Waals surface area contributed by atoms with E-state index >= 15 is 0 Å². The molecule has 0 unspecified atom stereocenters. The van der Waals surface area contributed by atoms with E-state index in [-0.39, 0.29) is 42.3 Å². The molecule has 8 heteroatoms. The molecule has 1 aromatic carbocycles. The van der Waals surface area contributed by atoms with Crippen LogP contribution in [-0.4, -0.2) is 42.7 Å². The lowest BCUT2D eigenvalue weighted by Crippen LogP contribution is -2.18. The Bertz CT molecular complexity index is 935. The number of halogens is 1. The number of aromatic nitrogens is 1. The average Bonchev–Trinajstić information content (AvgIpc) is 3.21. The van der Waals surface area contributed by atoms with E-state index in [1.165, 1.54) is 0 Å². The summed E-state index contributed by atoms with van der Waals surface area (Å²) in [4.78, 5) is 42.0. The van der Waals surface area contributed by atoms with Crippen LogP contribution in [0.25, 0.3) is 11.3 Å². The maximum absolute atomic E-state index is 13.1. The van der Waals surface area contributed by atoms with E-state index < -0.39 is 17.9 Å². The van der Waals surface area contributed by atoms with E-state index in [1.54, 1.807) is 24.3 Å². The lowest BCUT2D eigenvalue weighted by Gasteiger charge is -2.09. The Morgan fingerprint density at radius 3 is 1.67 bits per heavy atom. The largest absolute Gasteiger partial charge is 0.462 e. The summed E-state index contributed by atoms with van der Waals surface area (Å²) in [5.41, 5.74) is 0.506. The van der Waals surface area contributed by atoms with Gasteiger partial charge in [0.2, 0.25) is 0 Å². The second kappa shape index (κ2) is 13.7. The van der Waals surface area contributed by atoms with E-state index in [9.17, 15) is 14.4 Å². The van der Waals surface area contributed by atoms with Crippen LogP contribution in [0.3, 0.4) is 0 Å². The third kappa shape index (κ3) is 7.35. The molecule has 180 valence electrons. The zero-order chi connectivity index (χ0) is 24.2. The molecule has 1 heterocycles. The van der Waals surface area contributed by atoms with Crippen molar-refractivity contribution in [1.82, 2.24) is 4.98 Å².